The molecule has 7 rings (SSSR count). The second-order valence-corrected chi connectivity index (χ2v) is 10.6. The molecule has 0 amide bonds. The van der Waals surface area contributed by atoms with Gasteiger partial charge in [0.1, 0.15) is 17.1 Å². The molecule has 0 saturated carbocycles. The Morgan fingerprint density at radius 2 is 1.85 bits per heavy atom. The quantitative estimate of drug-likeness (QED) is 0.198. The summed E-state index contributed by atoms with van der Waals surface area (Å²) in [5.74, 6) is 0.367. The van der Waals surface area contributed by atoms with Gasteiger partial charge in [-0.25, -0.2) is 13.7 Å². The van der Waals surface area contributed by atoms with Crippen LogP contribution < -0.4 is 4.80 Å². The number of para-hydroxylation sites is 2. The molecule has 1 unspecified atom stereocenters. The maximum atomic E-state index is 13.7. The third-order valence-corrected chi connectivity index (χ3v) is 7.87. The summed E-state index contributed by atoms with van der Waals surface area (Å²) in [5, 5.41) is 12.8. The lowest BCUT2D eigenvalue weighted by atomic mass is 10.2. The van der Waals surface area contributed by atoms with Crippen LogP contribution in [0, 0.1) is 5.82 Å². The number of benzene rings is 3. The number of fused-ring (bicyclic) bond motifs is 1. The third-order valence-electron chi connectivity index (χ3n) is 7.01. The van der Waals surface area contributed by atoms with Gasteiger partial charge >= 0.3 is 0 Å². The SMILES string of the molecule is Fc1ccc(-c2csc(=NCC3CCCO3)n2/N=C\c2cn(-c3ccccc3)nc2-c2cc3ccccc3o2)cc1. The Hall–Kier alpha value is -4.60. The molecule has 0 bridgehead atoms. The lowest BCUT2D eigenvalue weighted by Crippen LogP contribution is -2.17. The van der Waals surface area contributed by atoms with Crippen LogP contribution in [0.1, 0.15) is 18.4 Å². The molecular formula is C32H26FN5O2S. The standard InChI is InChI=1S/C32H26FN5O2S/c33-25-14-12-22(13-15-25)28-21-41-32(34-19-27-10-6-16-39-27)38(28)35-18-24-20-37(26-8-2-1-3-9-26)36-31(24)30-17-23-7-4-5-11-29(23)40-30/h1-5,7-9,11-15,17-18,20-21,27H,6,10,16,19H2/b34-32?,35-18-. The van der Waals surface area contributed by atoms with Crippen molar-refractivity contribution in [1.29, 1.82) is 0 Å². The number of ether oxygens (including phenoxy) is 1. The van der Waals surface area contributed by atoms with Crippen LogP contribution in [-0.4, -0.2) is 39.9 Å². The number of aromatic nitrogens is 3. The first kappa shape index (κ1) is 25.4. The predicted octanol–water partition coefficient (Wildman–Crippen LogP) is 6.92. The largest absolute Gasteiger partial charge is 0.454 e. The summed E-state index contributed by atoms with van der Waals surface area (Å²) in [6.07, 6.45) is 5.89. The van der Waals surface area contributed by atoms with Crippen LogP contribution in [0.3, 0.4) is 0 Å². The second kappa shape index (κ2) is 11.1. The van der Waals surface area contributed by atoms with E-state index in [1.54, 1.807) is 23.0 Å². The van der Waals surface area contributed by atoms with Gasteiger partial charge in [-0.05, 0) is 61.4 Å². The number of hydrogen-bond acceptors (Lipinski definition) is 6. The monoisotopic (exact) mass is 563 g/mol. The van der Waals surface area contributed by atoms with Gasteiger partial charge in [-0.2, -0.15) is 10.2 Å². The van der Waals surface area contributed by atoms with E-state index in [1.165, 1.54) is 23.5 Å². The maximum absolute atomic E-state index is 13.7. The van der Waals surface area contributed by atoms with Gasteiger partial charge in [0, 0.05) is 34.7 Å². The van der Waals surface area contributed by atoms with Crippen LogP contribution in [0.25, 0.3) is 39.4 Å². The first-order valence-electron chi connectivity index (χ1n) is 13.5. The number of furan rings is 1. The molecule has 41 heavy (non-hydrogen) atoms. The number of hydrogen-bond donors (Lipinski definition) is 0. The average Bonchev–Trinajstić information content (AvgIpc) is 3.81. The fraction of sp³-hybridized carbons (Fsp3) is 0.156. The van der Waals surface area contributed by atoms with Gasteiger partial charge in [0.25, 0.3) is 0 Å². The topological polar surface area (TPSA) is 69.8 Å². The highest BCUT2D eigenvalue weighted by Crippen LogP contribution is 2.29. The van der Waals surface area contributed by atoms with E-state index in [9.17, 15) is 4.39 Å². The van der Waals surface area contributed by atoms with E-state index in [2.05, 4.69) is 0 Å². The van der Waals surface area contributed by atoms with E-state index in [1.807, 2.05) is 76.9 Å². The van der Waals surface area contributed by atoms with Crippen LogP contribution >= 0.6 is 11.3 Å². The molecule has 6 aromatic rings. The van der Waals surface area contributed by atoms with Gasteiger partial charge in [0.05, 0.1) is 30.2 Å². The molecule has 1 saturated heterocycles. The zero-order chi connectivity index (χ0) is 27.6. The van der Waals surface area contributed by atoms with Gasteiger partial charge in [-0.15, -0.1) is 11.3 Å². The Kier molecular flexibility index (Phi) is 6.88. The van der Waals surface area contributed by atoms with Gasteiger partial charge in [0.2, 0.25) is 4.80 Å². The minimum absolute atomic E-state index is 0.118. The molecule has 204 valence electrons. The highest BCUT2D eigenvalue weighted by molar-refractivity contribution is 7.07. The molecule has 1 atom stereocenters. The van der Waals surface area contributed by atoms with Crippen LogP contribution in [0.5, 0.6) is 0 Å². The first-order valence-corrected chi connectivity index (χ1v) is 14.4. The van der Waals surface area contributed by atoms with Crippen molar-refractivity contribution in [2.45, 2.75) is 18.9 Å². The van der Waals surface area contributed by atoms with Crippen LogP contribution in [0.4, 0.5) is 4.39 Å². The summed E-state index contributed by atoms with van der Waals surface area (Å²) in [6, 6.07) is 26.2. The molecule has 0 radical (unpaired) electrons. The molecule has 1 aliphatic heterocycles. The molecule has 7 nitrogen and oxygen atoms in total. The van der Waals surface area contributed by atoms with E-state index in [0.717, 1.165) is 57.7 Å². The highest BCUT2D eigenvalue weighted by Gasteiger charge is 2.17. The summed E-state index contributed by atoms with van der Waals surface area (Å²) >= 11 is 1.49. The van der Waals surface area contributed by atoms with Crippen molar-refractivity contribution in [2.75, 3.05) is 13.2 Å². The summed E-state index contributed by atoms with van der Waals surface area (Å²) in [4.78, 5) is 5.59. The summed E-state index contributed by atoms with van der Waals surface area (Å²) < 4.78 is 29.3. The molecule has 4 heterocycles. The Labute approximate surface area is 239 Å². The fourth-order valence-corrected chi connectivity index (χ4v) is 5.76. The van der Waals surface area contributed by atoms with Crippen molar-refractivity contribution in [3.63, 3.8) is 0 Å². The van der Waals surface area contributed by atoms with E-state index in [4.69, 9.17) is 24.3 Å². The van der Waals surface area contributed by atoms with Crippen molar-refractivity contribution < 1.29 is 13.5 Å². The minimum atomic E-state index is -0.286. The molecule has 0 spiro atoms. The minimum Gasteiger partial charge on any atom is -0.454 e. The molecular weight excluding hydrogens is 537 g/mol. The van der Waals surface area contributed by atoms with Crippen molar-refractivity contribution in [1.82, 2.24) is 14.5 Å². The zero-order valence-corrected chi connectivity index (χ0v) is 22.9. The van der Waals surface area contributed by atoms with Crippen LogP contribution in [0.2, 0.25) is 0 Å². The first-order chi connectivity index (χ1) is 20.2. The normalized spacial score (nSPS) is 15.9. The van der Waals surface area contributed by atoms with Crippen LogP contribution in [-0.2, 0) is 4.74 Å². The summed E-state index contributed by atoms with van der Waals surface area (Å²) in [5.41, 5.74) is 4.83. The molecule has 3 aromatic carbocycles. The van der Waals surface area contributed by atoms with Crippen molar-refractivity contribution in [3.8, 4) is 28.4 Å². The van der Waals surface area contributed by atoms with Crippen molar-refractivity contribution in [2.24, 2.45) is 10.1 Å². The van der Waals surface area contributed by atoms with E-state index in [-0.39, 0.29) is 11.9 Å². The lowest BCUT2D eigenvalue weighted by molar-refractivity contribution is 0.117. The summed E-state index contributed by atoms with van der Waals surface area (Å²) in [6.45, 7) is 1.34. The van der Waals surface area contributed by atoms with E-state index in [0.29, 0.717) is 18.0 Å². The van der Waals surface area contributed by atoms with Gasteiger partial charge in [0.15, 0.2) is 5.76 Å². The number of thiazole rings is 1. The molecule has 0 aliphatic carbocycles. The lowest BCUT2D eigenvalue weighted by Gasteiger charge is -2.05. The Morgan fingerprint density at radius 1 is 1.02 bits per heavy atom. The summed E-state index contributed by atoms with van der Waals surface area (Å²) in [7, 11) is 0. The Balaban J connectivity index is 1.33. The molecule has 3 aromatic heterocycles. The van der Waals surface area contributed by atoms with Crippen molar-refractivity contribution in [3.05, 3.63) is 113 Å². The van der Waals surface area contributed by atoms with Crippen molar-refractivity contribution >= 4 is 28.5 Å². The number of halogens is 1. The van der Waals surface area contributed by atoms with Gasteiger partial charge < -0.3 is 9.15 Å². The number of nitrogens with zero attached hydrogens (tertiary/aromatic N) is 5. The Bertz CT molecular complexity index is 1860. The predicted molar refractivity (Wildman–Crippen MR) is 159 cm³/mol. The average molecular weight is 564 g/mol. The maximum Gasteiger partial charge on any atom is 0.206 e. The van der Waals surface area contributed by atoms with Crippen LogP contribution in [0.15, 0.2) is 111 Å². The fourth-order valence-electron chi connectivity index (χ4n) is 4.91. The van der Waals surface area contributed by atoms with E-state index >= 15 is 0 Å². The third kappa shape index (κ3) is 5.29. The van der Waals surface area contributed by atoms with E-state index < -0.39 is 0 Å². The van der Waals surface area contributed by atoms with Gasteiger partial charge in [-0.3, -0.25) is 4.99 Å². The number of rotatable bonds is 7. The second-order valence-electron chi connectivity index (χ2n) is 9.80. The highest BCUT2D eigenvalue weighted by atomic mass is 32.1. The Morgan fingerprint density at radius 3 is 2.66 bits per heavy atom. The molecule has 1 aliphatic rings. The van der Waals surface area contributed by atoms with Gasteiger partial charge in [-0.1, -0.05) is 36.4 Å². The zero-order valence-electron chi connectivity index (χ0n) is 22.1. The molecule has 1 fully saturated rings. The smallest absolute Gasteiger partial charge is 0.206 e. The molecule has 9 heteroatoms. The molecule has 0 N–H and O–H groups in total.